The van der Waals surface area contributed by atoms with Crippen molar-refractivity contribution >= 4 is 6.29 Å². The van der Waals surface area contributed by atoms with E-state index in [1.807, 2.05) is 6.29 Å². The van der Waals surface area contributed by atoms with Crippen molar-refractivity contribution in [2.24, 2.45) is 11.8 Å². The van der Waals surface area contributed by atoms with Gasteiger partial charge in [-0.05, 0) is 70.0 Å². The summed E-state index contributed by atoms with van der Waals surface area (Å²) in [6.07, 6.45) is 10.1. The van der Waals surface area contributed by atoms with Gasteiger partial charge in [-0.25, -0.2) is 0 Å². The van der Waals surface area contributed by atoms with Gasteiger partial charge in [-0.15, -0.1) is 0 Å². The average molecular weight is 252 g/mol. The van der Waals surface area contributed by atoms with Gasteiger partial charge in [-0.2, -0.15) is 0 Å². The molecule has 0 amide bonds. The largest absolute Gasteiger partial charge is 0.381 e. The minimum absolute atomic E-state index is 0.627. The van der Waals surface area contributed by atoms with Gasteiger partial charge in [-0.3, -0.25) is 4.79 Å². The molecule has 0 N–H and O–H groups in total. The Morgan fingerprint density at radius 3 is 2.61 bits per heavy atom. The molecule has 0 aromatic rings. The van der Waals surface area contributed by atoms with Crippen LogP contribution in [0.5, 0.6) is 0 Å². The zero-order chi connectivity index (χ0) is 12.6. The molecule has 1 radical (unpaired) electrons. The lowest BCUT2D eigenvalue weighted by molar-refractivity contribution is 0.156. The smallest absolute Gasteiger partial charge is 0.198 e. The molecule has 103 valence electrons. The lowest BCUT2D eigenvalue weighted by atomic mass is 9.91. The molecule has 0 aromatic heterocycles. The number of carbonyl (C=O) groups excluding carboxylic acids is 1. The van der Waals surface area contributed by atoms with Crippen molar-refractivity contribution in [1.82, 2.24) is 4.90 Å². The van der Waals surface area contributed by atoms with Gasteiger partial charge in [-0.1, -0.05) is 0 Å². The Hall–Kier alpha value is -0.410. The number of unbranched alkanes of at least 4 members (excludes halogenated alkanes) is 1. The predicted octanol–water partition coefficient (Wildman–Crippen LogP) is 2.41. The highest BCUT2D eigenvalue weighted by molar-refractivity contribution is 5.50. The van der Waals surface area contributed by atoms with Gasteiger partial charge < -0.3 is 9.64 Å². The molecule has 3 nitrogen and oxygen atoms in total. The van der Waals surface area contributed by atoms with Crippen LogP contribution in [-0.2, 0) is 9.53 Å². The molecule has 0 aromatic carbocycles. The van der Waals surface area contributed by atoms with E-state index in [1.54, 1.807) is 0 Å². The van der Waals surface area contributed by atoms with Crippen molar-refractivity contribution < 1.29 is 9.53 Å². The third kappa shape index (κ3) is 4.69. The van der Waals surface area contributed by atoms with Gasteiger partial charge in [0.05, 0.1) is 0 Å². The third-order valence-corrected chi connectivity index (χ3v) is 4.48. The fourth-order valence-corrected chi connectivity index (χ4v) is 3.14. The third-order valence-electron chi connectivity index (χ3n) is 4.48. The molecule has 0 bridgehead atoms. The maximum absolute atomic E-state index is 10.2. The van der Waals surface area contributed by atoms with Crippen LogP contribution in [0.3, 0.4) is 0 Å². The summed E-state index contributed by atoms with van der Waals surface area (Å²) in [4.78, 5) is 12.8. The van der Waals surface area contributed by atoms with E-state index in [4.69, 9.17) is 4.74 Å². The molecule has 2 saturated heterocycles. The molecule has 0 saturated carbocycles. The van der Waals surface area contributed by atoms with Gasteiger partial charge in [0.15, 0.2) is 6.29 Å². The van der Waals surface area contributed by atoms with E-state index in [9.17, 15) is 4.79 Å². The fraction of sp³-hybridized carbons (Fsp3) is 0.933. The molecule has 3 heteroatoms. The standard InChI is InChI=1S/C15H26NO2/c17-11-2-1-3-14-4-8-16(9-5-14)10-6-15-7-12-18-13-15/h14-15H,1-10,12-13H2. The predicted molar refractivity (Wildman–Crippen MR) is 72.3 cm³/mol. The van der Waals surface area contributed by atoms with E-state index >= 15 is 0 Å². The van der Waals surface area contributed by atoms with Crippen LogP contribution < -0.4 is 0 Å². The van der Waals surface area contributed by atoms with Crippen molar-refractivity contribution in [2.45, 2.75) is 44.9 Å². The minimum Gasteiger partial charge on any atom is -0.381 e. The first kappa shape index (κ1) is 14.0. The van der Waals surface area contributed by atoms with Crippen molar-refractivity contribution in [3.63, 3.8) is 0 Å². The Kier molecular flexibility index (Phi) is 6.15. The Morgan fingerprint density at radius 2 is 1.94 bits per heavy atom. The normalized spacial score (nSPS) is 26.6. The number of hydrogen-bond acceptors (Lipinski definition) is 3. The number of nitrogens with zero attached hydrogens (tertiary/aromatic N) is 1. The molecule has 0 spiro atoms. The summed E-state index contributed by atoms with van der Waals surface area (Å²) in [7, 11) is 0. The number of rotatable bonds is 7. The first-order valence-electron chi connectivity index (χ1n) is 7.53. The van der Waals surface area contributed by atoms with Gasteiger partial charge in [0.1, 0.15) is 0 Å². The molecular formula is C15H26NO2. The lowest BCUT2D eigenvalue weighted by Crippen LogP contribution is -2.35. The van der Waals surface area contributed by atoms with E-state index in [0.29, 0.717) is 6.42 Å². The van der Waals surface area contributed by atoms with E-state index in [0.717, 1.165) is 31.5 Å². The second kappa shape index (κ2) is 7.90. The van der Waals surface area contributed by atoms with Gasteiger partial charge in [0.25, 0.3) is 0 Å². The first-order valence-corrected chi connectivity index (χ1v) is 7.53. The van der Waals surface area contributed by atoms with Crippen LogP contribution in [0.25, 0.3) is 0 Å². The summed E-state index contributed by atoms with van der Waals surface area (Å²) < 4.78 is 5.42. The summed E-state index contributed by atoms with van der Waals surface area (Å²) in [5.74, 6) is 1.66. The van der Waals surface area contributed by atoms with Crippen LogP contribution in [0.1, 0.15) is 44.9 Å². The fourth-order valence-electron chi connectivity index (χ4n) is 3.14. The molecule has 2 rings (SSSR count). The molecule has 1 unspecified atom stereocenters. The van der Waals surface area contributed by atoms with Crippen LogP contribution in [-0.4, -0.2) is 44.0 Å². The van der Waals surface area contributed by atoms with Crippen molar-refractivity contribution in [3.05, 3.63) is 0 Å². The van der Waals surface area contributed by atoms with Crippen molar-refractivity contribution in [1.29, 1.82) is 0 Å². The summed E-state index contributed by atoms with van der Waals surface area (Å²) in [6, 6.07) is 0. The van der Waals surface area contributed by atoms with E-state index in [2.05, 4.69) is 4.90 Å². The molecule has 0 aliphatic carbocycles. The van der Waals surface area contributed by atoms with Crippen molar-refractivity contribution in [2.75, 3.05) is 32.8 Å². The molecule has 2 aliphatic rings. The lowest BCUT2D eigenvalue weighted by Gasteiger charge is -2.32. The SMILES string of the molecule is O=[C]CCCC1CCN(CCC2CCOC2)CC1. The van der Waals surface area contributed by atoms with Crippen molar-refractivity contribution in [3.8, 4) is 0 Å². The maximum Gasteiger partial charge on any atom is 0.198 e. The molecule has 18 heavy (non-hydrogen) atoms. The molecular weight excluding hydrogens is 226 g/mol. The highest BCUT2D eigenvalue weighted by atomic mass is 16.5. The molecule has 2 aliphatic heterocycles. The summed E-state index contributed by atoms with van der Waals surface area (Å²) in [5.41, 5.74) is 0. The molecule has 2 heterocycles. The van der Waals surface area contributed by atoms with Crippen LogP contribution >= 0.6 is 0 Å². The Bertz CT molecular complexity index is 231. The van der Waals surface area contributed by atoms with Crippen LogP contribution in [0, 0.1) is 11.8 Å². The second-order valence-electron chi connectivity index (χ2n) is 5.84. The zero-order valence-electron chi connectivity index (χ0n) is 11.4. The van der Waals surface area contributed by atoms with Gasteiger partial charge >= 0.3 is 0 Å². The van der Waals surface area contributed by atoms with E-state index in [-0.39, 0.29) is 0 Å². The van der Waals surface area contributed by atoms with Crippen LogP contribution in [0.4, 0.5) is 0 Å². The first-order chi connectivity index (χ1) is 8.88. The monoisotopic (exact) mass is 252 g/mol. The zero-order valence-corrected chi connectivity index (χ0v) is 11.4. The molecule has 2 fully saturated rings. The number of likely N-dealkylation sites (tertiary alicyclic amines) is 1. The van der Waals surface area contributed by atoms with Crippen LogP contribution in [0.2, 0.25) is 0 Å². The summed E-state index contributed by atoms with van der Waals surface area (Å²) in [6.45, 7) is 5.72. The van der Waals surface area contributed by atoms with Crippen LogP contribution in [0.15, 0.2) is 0 Å². The highest BCUT2D eigenvalue weighted by Gasteiger charge is 2.21. The highest BCUT2D eigenvalue weighted by Crippen LogP contribution is 2.23. The topological polar surface area (TPSA) is 29.5 Å². The number of ether oxygens (including phenoxy) is 1. The Labute approximate surface area is 111 Å². The minimum atomic E-state index is 0.627. The second-order valence-corrected chi connectivity index (χ2v) is 5.84. The number of hydrogen-bond donors (Lipinski definition) is 0. The van der Waals surface area contributed by atoms with E-state index in [1.165, 1.54) is 51.7 Å². The summed E-state index contributed by atoms with van der Waals surface area (Å²) in [5, 5.41) is 0. The van der Waals surface area contributed by atoms with Gasteiger partial charge in [0, 0.05) is 19.6 Å². The molecule has 1 atom stereocenters. The number of piperidine rings is 1. The quantitative estimate of drug-likeness (QED) is 0.652. The maximum atomic E-state index is 10.2. The van der Waals surface area contributed by atoms with Gasteiger partial charge in [0.2, 0.25) is 0 Å². The Morgan fingerprint density at radius 1 is 1.11 bits per heavy atom. The van der Waals surface area contributed by atoms with E-state index < -0.39 is 0 Å². The Balaban J connectivity index is 1.53. The average Bonchev–Trinajstić information content (AvgIpc) is 2.91. The summed E-state index contributed by atoms with van der Waals surface area (Å²) >= 11 is 0.